The number of hydrogen-bond acceptors (Lipinski definition) is 2. The second-order valence-electron chi connectivity index (χ2n) is 2.50. The summed E-state index contributed by atoms with van der Waals surface area (Å²) >= 11 is 5.90. The van der Waals surface area contributed by atoms with E-state index in [4.69, 9.17) is 23.1 Å². The first kappa shape index (κ1) is 9.10. The van der Waals surface area contributed by atoms with Crippen molar-refractivity contribution in [3.8, 4) is 0 Å². The standard InChI is InChI=1S/C9H11ClN2/c1-2-7(11)9-6(10)4-3-5-8(9)12/h2-5,7H,1,11-12H2. The predicted octanol–water partition coefficient (Wildman–Crippen LogP) is 2.11. The van der Waals surface area contributed by atoms with Crippen LogP contribution in [0.4, 0.5) is 5.69 Å². The van der Waals surface area contributed by atoms with E-state index in [1.807, 2.05) is 0 Å². The molecule has 12 heavy (non-hydrogen) atoms. The summed E-state index contributed by atoms with van der Waals surface area (Å²) in [6, 6.07) is 5.02. The van der Waals surface area contributed by atoms with Crippen molar-refractivity contribution in [1.82, 2.24) is 0 Å². The van der Waals surface area contributed by atoms with E-state index in [-0.39, 0.29) is 6.04 Å². The van der Waals surface area contributed by atoms with Crippen molar-refractivity contribution in [1.29, 1.82) is 0 Å². The molecule has 3 heteroatoms. The number of nitrogens with two attached hydrogens (primary N) is 2. The van der Waals surface area contributed by atoms with E-state index < -0.39 is 0 Å². The number of benzene rings is 1. The van der Waals surface area contributed by atoms with Gasteiger partial charge < -0.3 is 11.5 Å². The van der Waals surface area contributed by atoms with Crippen molar-refractivity contribution in [3.63, 3.8) is 0 Å². The molecule has 0 saturated carbocycles. The third kappa shape index (κ3) is 1.60. The van der Waals surface area contributed by atoms with Gasteiger partial charge in [-0.15, -0.1) is 6.58 Å². The molecule has 0 aliphatic carbocycles. The van der Waals surface area contributed by atoms with Gasteiger partial charge in [0.05, 0.1) is 6.04 Å². The topological polar surface area (TPSA) is 52.0 Å². The predicted molar refractivity (Wildman–Crippen MR) is 53.0 cm³/mol. The smallest absolute Gasteiger partial charge is 0.0514 e. The molecule has 1 aromatic carbocycles. The van der Waals surface area contributed by atoms with Crippen molar-refractivity contribution >= 4 is 17.3 Å². The van der Waals surface area contributed by atoms with E-state index in [1.54, 1.807) is 24.3 Å². The molecule has 0 amide bonds. The van der Waals surface area contributed by atoms with Crippen LogP contribution in [0.15, 0.2) is 30.9 Å². The van der Waals surface area contributed by atoms with Crippen molar-refractivity contribution < 1.29 is 0 Å². The lowest BCUT2D eigenvalue weighted by molar-refractivity contribution is 0.918. The lowest BCUT2D eigenvalue weighted by atomic mass is 10.1. The van der Waals surface area contributed by atoms with E-state index in [1.165, 1.54) is 0 Å². The minimum absolute atomic E-state index is 0.293. The number of hydrogen-bond donors (Lipinski definition) is 2. The maximum Gasteiger partial charge on any atom is 0.0514 e. The van der Waals surface area contributed by atoms with Crippen LogP contribution in [0, 0.1) is 0 Å². The first-order chi connectivity index (χ1) is 5.66. The quantitative estimate of drug-likeness (QED) is 0.544. The zero-order chi connectivity index (χ0) is 9.14. The highest BCUT2D eigenvalue weighted by atomic mass is 35.5. The highest BCUT2D eigenvalue weighted by Crippen LogP contribution is 2.27. The Bertz CT molecular complexity index is 276. The molecule has 1 unspecified atom stereocenters. The molecule has 0 aromatic heterocycles. The van der Waals surface area contributed by atoms with Gasteiger partial charge in [0.15, 0.2) is 0 Å². The molecular weight excluding hydrogens is 172 g/mol. The minimum atomic E-state index is -0.293. The molecule has 2 nitrogen and oxygen atoms in total. The van der Waals surface area contributed by atoms with Gasteiger partial charge in [-0.25, -0.2) is 0 Å². The Labute approximate surface area is 76.8 Å². The van der Waals surface area contributed by atoms with Crippen LogP contribution in [0.5, 0.6) is 0 Å². The molecule has 64 valence electrons. The summed E-state index contributed by atoms with van der Waals surface area (Å²) in [5.41, 5.74) is 12.8. The normalized spacial score (nSPS) is 12.5. The zero-order valence-electron chi connectivity index (χ0n) is 6.63. The Balaban J connectivity index is 3.20. The molecule has 1 rings (SSSR count). The van der Waals surface area contributed by atoms with E-state index >= 15 is 0 Å². The minimum Gasteiger partial charge on any atom is -0.398 e. The highest BCUT2D eigenvalue weighted by Gasteiger charge is 2.09. The van der Waals surface area contributed by atoms with E-state index in [2.05, 4.69) is 6.58 Å². The van der Waals surface area contributed by atoms with Gasteiger partial charge in [0.2, 0.25) is 0 Å². The van der Waals surface area contributed by atoms with Gasteiger partial charge in [-0.05, 0) is 12.1 Å². The monoisotopic (exact) mass is 182 g/mol. The van der Waals surface area contributed by atoms with Crippen LogP contribution in [0.3, 0.4) is 0 Å². The lowest BCUT2D eigenvalue weighted by Gasteiger charge is -2.11. The average Bonchev–Trinajstić information content (AvgIpc) is 2.03. The van der Waals surface area contributed by atoms with Gasteiger partial charge in [-0.3, -0.25) is 0 Å². The highest BCUT2D eigenvalue weighted by molar-refractivity contribution is 6.31. The Kier molecular flexibility index (Phi) is 2.74. The van der Waals surface area contributed by atoms with Crippen LogP contribution in [0.1, 0.15) is 11.6 Å². The van der Waals surface area contributed by atoms with Gasteiger partial charge in [0.1, 0.15) is 0 Å². The number of anilines is 1. The summed E-state index contributed by atoms with van der Waals surface area (Å²) in [6.45, 7) is 3.58. The summed E-state index contributed by atoms with van der Waals surface area (Å²) in [5, 5.41) is 0.586. The third-order valence-electron chi connectivity index (χ3n) is 1.67. The molecule has 0 radical (unpaired) electrons. The van der Waals surface area contributed by atoms with E-state index in [9.17, 15) is 0 Å². The first-order valence-corrected chi connectivity index (χ1v) is 3.96. The summed E-state index contributed by atoms with van der Waals surface area (Å²) in [4.78, 5) is 0. The van der Waals surface area contributed by atoms with E-state index in [0.717, 1.165) is 5.56 Å². The number of rotatable bonds is 2. The molecule has 1 aromatic rings. The van der Waals surface area contributed by atoms with Crippen LogP contribution in [0.25, 0.3) is 0 Å². The fourth-order valence-corrected chi connectivity index (χ4v) is 1.33. The second-order valence-corrected chi connectivity index (χ2v) is 2.91. The molecule has 1 atom stereocenters. The summed E-state index contributed by atoms with van der Waals surface area (Å²) in [7, 11) is 0. The van der Waals surface area contributed by atoms with Gasteiger partial charge in [0, 0.05) is 16.3 Å². The van der Waals surface area contributed by atoms with Crippen LogP contribution >= 0.6 is 11.6 Å². The first-order valence-electron chi connectivity index (χ1n) is 3.59. The number of halogens is 1. The maximum atomic E-state index is 5.90. The number of nitrogen functional groups attached to an aromatic ring is 1. The molecule has 0 fully saturated rings. The van der Waals surface area contributed by atoms with Gasteiger partial charge in [0.25, 0.3) is 0 Å². The molecular formula is C9H11ClN2. The van der Waals surface area contributed by atoms with Crippen LogP contribution in [0.2, 0.25) is 5.02 Å². The summed E-state index contributed by atoms with van der Waals surface area (Å²) in [6.07, 6.45) is 1.61. The molecule has 0 aliphatic heterocycles. The summed E-state index contributed by atoms with van der Waals surface area (Å²) in [5.74, 6) is 0. The zero-order valence-corrected chi connectivity index (χ0v) is 7.38. The van der Waals surface area contributed by atoms with Crippen LogP contribution < -0.4 is 11.5 Å². The van der Waals surface area contributed by atoms with Crippen molar-refractivity contribution in [3.05, 3.63) is 41.4 Å². The molecule has 0 aliphatic rings. The van der Waals surface area contributed by atoms with Crippen LogP contribution in [-0.4, -0.2) is 0 Å². The fourth-order valence-electron chi connectivity index (χ4n) is 1.02. The van der Waals surface area contributed by atoms with E-state index in [0.29, 0.717) is 10.7 Å². The van der Waals surface area contributed by atoms with Crippen LogP contribution in [-0.2, 0) is 0 Å². The Hall–Kier alpha value is -0.990. The third-order valence-corrected chi connectivity index (χ3v) is 2.00. The molecule has 0 heterocycles. The average molecular weight is 183 g/mol. The molecule has 0 bridgehead atoms. The Morgan fingerprint density at radius 2 is 2.17 bits per heavy atom. The maximum absolute atomic E-state index is 5.90. The van der Waals surface area contributed by atoms with Crippen molar-refractivity contribution in [2.75, 3.05) is 5.73 Å². The van der Waals surface area contributed by atoms with Gasteiger partial charge in [-0.1, -0.05) is 23.7 Å². The summed E-state index contributed by atoms with van der Waals surface area (Å²) < 4.78 is 0. The lowest BCUT2D eigenvalue weighted by Crippen LogP contribution is -2.09. The Morgan fingerprint density at radius 1 is 1.50 bits per heavy atom. The fraction of sp³-hybridized carbons (Fsp3) is 0.111. The SMILES string of the molecule is C=CC(N)c1c(N)cccc1Cl. The molecule has 0 spiro atoms. The second kappa shape index (κ2) is 3.61. The van der Waals surface area contributed by atoms with Gasteiger partial charge in [-0.2, -0.15) is 0 Å². The molecule has 0 saturated heterocycles. The van der Waals surface area contributed by atoms with Gasteiger partial charge >= 0.3 is 0 Å². The van der Waals surface area contributed by atoms with Crippen molar-refractivity contribution in [2.24, 2.45) is 5.73 Å². The van der Waals surface area contributed by atoms with Crippen molar-refractivity contribution in [2.45, 2.75) is 6.04 Å². The molecule has 4 N–H and O–H groups in total. The largest absolute Gasteiger partial charge is 0.398 e. The Morgan fingerprint density at radius 3 is 2.67 bits per heavy atom.